The van der Waals surface area contributed by atoms with Crippen molar-refractivity contribution in [3.8, 4) is 0 Å². The van der Waals surface area contributed by atoms with Crippen molar-refractivity contribution in [2.45, 2.75) is 53.2 Å². The number of hydrogen-bond donors (Lipinski definition) is 2. The minimum atomic E-state index is -0.619. The first-order valence-electron chi connectivity index (χ1n) is 5.70. The predicted molar refractivity (Wildman–Crippen MR) is 68.6 cm³/mol. The van der Waals surface area contributed by atoms with E-state index in [1.807, 2.05) is 27.7 Å². The van der Waals surface area contributed by atoms with E-state index in [1.165, 1.54) is 11.1 Å². The van der Waals surface area contributed by atoms with Gasteiger partial charge >= 0.3 is 0 Å². The molecule has 0 aromatic heterocycles. The van der Waals surface area contributed by atoms with Gasteiger partial charge in [0.25, 0.3) is 0 Å². The van der Waals surface area contributed by atoms with E-state index in [1.54, 1.807) is 0 Å². The Morgan fingerprint density at radius 3 is 1.75 bits per heavy atom. The second-order valence-corrected chi connectivity index (χ2v) is 5.40. The van der Waals surface area contributed by atoms with Crippen molar-refractivity contribution in [3.63, 3.8) is 0 Å². The van der Waals surface area contributed by atoms with Crippen LogP contribution in [0.5, 0.6) is 0 Å². The van der Waals surface area contributed by atoms with Crippen LogP contribution in [0, 0.1) is 27.7 Å². The highest BCUT2D eigenvalue weighted by atomic mass is 16.3. The van der Waals surface area contributed by atoms with Gasteiger partial charge in [0.15, 0.2) is 0 Å². The van der Waals surface area contributed by atoms with Gasteiger partial charge in [0.2, 0.25) is 0 Å². The van der Waals surface area contributed by atoms with E-state index in [0.29, 0.717) is 0 Å². The van der Waals surface area contributed by atoms with Gasteiger partial charge in [0.05, 0.1) is 6.10 Å². The molecule has 1 unspecified atom stereocenters. The highest BCUT2D eigenvalue weighted by Crippen LogP contribution is 2.32. The zero-order chi connectivity index (χ0) is 12.7. The van der Waals surface area contributed by atoms with E-state index in [0.717, 1.165) is 16.7 Å². The fraction of sp³-hybridized carbons (Fsp3) is 0.571. The Balaban J connectivity index is 3.44. The molecule has 0 amide bonds. The molecule has 0 saturated carbocycles. The lowest BCUT2D eigenvalue weighted by molar-refractivity contribution is 0.103. The van der Waals surface area contributed by atoms with Crippen LogP contribution in [0.25, 0.3) is 0 Å². The number of aliphatic hydroxyl groups is 1. The highest BCUT2D eigenvalue weighted by Gasteiger charge is 2.28. The van der Waals surface area contributed by atoms with Gasteiger partial charge in [-0.1, -0.05) is 6.07 Å². The molecule has 2 heteroatoms. The van der Waals surface area contributed by atoms with Crippen LogP contribution in [0.15, 0.2) is 6.07 Å². The van der Waals surface area contributed by atoms with Gasteiger partial charge in [0, 0.05) is 5.54 Å². The van der Waals surface area contributed by atoms with Crippen molar-refractivity contribution >= 4 is 0 Å². The number of benzene rings is 1. The maximum absolute atomic E-state index is 10.3. The summed E-state index contributed by atoms with van der Waals surface area (Å²) in [5.74, 6) is 0. The summed E-state index contributed by atoms with van der Waals surface area (Å²) in [6.07, 6.45) is -0.619. The van der Waals surface area contributed by atoms with Crippen LogP contribution in [-0.4, -0.2) is 10.6 Å². The first-order chi connectivity index (χ1) is 7.16. The molecule has 1 rings (SSSR count). The second-order valence-electron chi connectivity index (χ2n) is 5.40. The maximum atomic E-state index is 10.3. The standard InChI is InChI=1S/C14H23NO/c1-8-7-9(2)11(4)12(10(8)3)13(16)14(5,6)15/h7,13,16H,15H2,1-6H3. The van der Waals surface area contributed by atoms with Crippen LogP contribution in [0.1, 0.15) is 47.8 Å². The van der Waals surface area contributed by atoms with Gasteiger partial charge in [-0.25, -0.2) is 0 Å². The van der Waals surface area contributed by atoms with E-state index in [-0.39, 0.29) is 0 Å². The molecular formula is C14H23NO. The third-order valence-electron chi connectivity index (χ3n) is 3.40. The zero-order valence-corrected chi connectivity index (χ0v) is 11.2. The Bertz CT molecular complexity index is 376. The highest BCUT2D eigenvalue weighted by molar-refractivity contribution is 5.46. The van der Waals surface area contributed by atoms with E-state index >= 15 is 0 Å². The van der Waals surface area contributed by atoms with E-state index in [2.05, 4.69) is 19.9 Å². The van der Waals surface area contributed by atoms with Crippen LogP contribution in [0.3, 0.4) is 0 Å². The molecule has 0 heterocycles. The molecule has 90 valence electrons. The topological polar surface area (TPSA) is 46.2 Å². The average molecular weight is 221 g/mol. The molecule has 16 heavy (non-hydrogen) atoms. The van der Waals surface area contributed by atoms with Crippen molar-refractivity contribution in [2.24, 2.45) is 5.73 Å². The third kappa shape index (κ3) is 2.28. The molecule has 3 N–H and O–H groups in total. The van der Waals surface area contributed by atoms with Crippen LogP contribution < -0.4 is 5.73 Å². The van der Waals surface area contributed by atoms with E-state index in [4.69, 9.17) is 5.73 Å². The molecule has 0 aliphatic rings. The summed E-state index contributed by atoms with van der Waals surface area (Å²) in [5.41, 5.74) is 11.1. The first kappa shape index (κ1) is 13.2. The Labute approximate surface area is 98.5 Å². The van der Waals surface area contributed by atoms with Crippen LogP contribution in [0.2, 0.25) is 0 Å². The number of nitrogens with two attached hydrogens (primary N) is 1. The molecule has 0 spiro atoms. The summed E-state index contributed by atoms with van der Waals surface area (Å²) < 4.78 is 0. The molecule has 1 aromatic carbocycles. The van der Waals surface area contributed by atoms with Crippen molar-refractivity contribution in [2.75, 3.05) is 0 Å². The molecule has 2 nitrogen and oxygen atoms in total. The monoisotopic (exact) mass is 221 g/mol. The summed E-state index contributed by atoms with van der Waals surface area (Å²) in [7, 11) is 0. The van der Waals surface area contributed by atoms with Crippen molar-refractivity contribution in [3.05, 3.63) is 33.9 Å². The van der Waals surface area contributed by atoms with Gasteiger partial charge in [-0.2, -0.15) is 0 Å². The number of aliphatic hydroxyl groups excluding tert-OH is 1. The summed E-state index contributed by atoms with van der Waals surface area (Å²) in [6.45, 7) is 11.9. The average Bonchev–Trinajstić information content (AvgIpc) is 2.13. The minimum Gasteiger partial charge on any atom is -0.386 e. The summed E-state index contributed by atoms with van der Waals surface area (Å²) >= 11 is 0. The normalized spacial score (nSPS) is 14.0. The maximum Gasteiger partial charge on any atom is 0.0969 e. The van der Waals surface area contributed by atoms with E-state index < -0.39 is 11.6 Å². The zero-order valence-electron chi connectivity index (χ0n) is 11.2. The fourth-order valence-electron chi connectivity index (χ4n) is 2.03. The number of rotatable bonds is 2. The molecule has 1 aromatic rings. The van der Waals surface area contributed by atoms with Gasteiger partial charge in [-0.3, -0.25) is 0 Å². The quantitative estimate of drug-likeness (QED) is 0.806. The third-order valence-corrected chi connectivity index (χ3v) is 3.40. The summed E-state index contributed by atoms with van der Waals surface area (Å²) in [6, 6.07) is 2.16. The van der Waals surface area contributed by atoms with Crippen LogP contribution in [-0.2, 0) is 0 Å². The van der Waals surface area contributed by atoms with Crippen LogP contribution in [0.4, 0.5) is 0 Å². The fourth-order valence-corrected chi connectivity index (χ4v) is 2.03. The summed E-state index contributed by atoms with van der Waals surface area (Å²) in [4.78, 5) is 0. The number of aryl methyl sites for hydroxylation is 2. The molecule has 0 aliphatic heterocycles. The minimum absolute atomic E-state index is 0.615. The van der Waals surface area contributed by atoms with Gasteiger partial charge in [-0.05, 0) is 69.4 Å². The lowest BCUT2D eigenvalue weighted by Gasteiger charge is -2.30. The van der Waals surface area contributed by atoms with E-state index in [9.17, 15) is 5.11 Å². The predicted octanol–water partition coefficient (Wildman–Crippen LogP) is 2.69. The lowest BCUT2D eigenvalue weighted by Crippen LogP contribution is -2.40. The van der Waals surface area contributed by atoms with Crippen LogP contribution >= 0.6 is 0 Å². The molecule has 0 aliphatic carbocycles. The Morgan fingerprint density at radius 2 is 1.44 bits per heavy atom. The Morgan fingerprint density at radius 1 is 1.06 bits per heavy atom. The molecular weight excluding hydrogens is 198 g/mol. The smallest absolute Gasteiger partial charge is 0.0969 e. The molecule has 0 radical (unpaired) electrons. The van der Waals surface area contributed by atoms with Crippen molar-refractivity contribution < 1.29 is 5.11 Å². The molecule has 0 fully saturated rings. The molecule has 1 atom stereocenters. The molecule has 0 saturated heterocycles. The molecule has 0 bridgehead atoms. The lowest BCUT2D eigenvalue weighted by atomic mass is 9.84. The van der Waals surface area contributed by atoms with Gasteiger partial charge in [0.1, 0.15) is 0 Å². The van der Waals surface area contributed by atoms with Crippen molar-refractivity contribution in [1.29, 1.82) is 0 Å². The number of hydrogen-bond acceptors (Lipinski definition) is 2. The largest absolute Gasteiger partial charge is 0.386 e. The SMILES string of the molecule is Cc1cc(C)c(C)c(C(O)C(C)(C)N)c1C. The first-order valence-corrected chi connectivity index (χ1v) is 5.70. The Hall–Kier alpha value is -0.860. The van der Waals surface area contributed by atoms with Crippen molar-refractivity contribution in [1.82, 2.24) is 0 Å². The van der Waals surface area contributed by atoms with Gasteiger partial charge in [-0.15, -0.1) is 0 Å². The second kappa shape index (κ2) is 4.19. The summed E-state index contributed by atoms with van der Waals surface area (Å²) in [5, 5.41) is 10.3. The van der Waals surface area contributed by atoms with Gasteiger partial charge < -0.3 is 10.8 Å². The Kier molecular flexibility index (Phi) is 3.46.